The Morgan fingerprint density at radius 2 is 2.47 bits per heavy atom. The molecule has 0 aliphatic carbocycles. The van der Waals surface area contributed by atoms with Gasteiger partial charge in [-0.3, -0.25) is 4.79 Å². The fourth-order valence-corrected chi connectivity index (χ4v) is 2.60. The van der Waals surface area contributed by atoms with Gasteiger partial charge in [0.05, 0.1) is 13.2 Å². The Balaban J connectivity index is 1.99. The van der Waals surface area contributed by atoms with Crippen LogP contribution in [0.3, 0.4) is 0 Å². The molecule has 1 aliphatic rings. The van der Waals surface area contributed by atoms with E-state index < -0.39 is 6.04 Å². The van der Waals surface area contributed by atoms with Crippen LogP contribution >= 0.6 is 11.3 Å². The zero-order chi connectivity index (χ0) is 13.7. The lowest BCUT2D eigenvalue weighted by Gasteiger charge is -2.24. The molecule has 1 aromatic heterocycles. The van der Waals surface area contributed by atoms with Gasteiger partial charge < -0.3 is 20.3 Å². The number of urea groups is 1. The number of amides is 3. The van der Waals surface area contributed by atoms with E-state index in [1.807, 2.05) is 17.5 Å². The first-order valence-electron chi connectivity index (χ1n) is 6.05. The molecule has 1 saturated heterocycles. The Morgan fingerprint density at radius 3 is 3.05 bits per heavy atom. The predicted molar refractivity (Wildman–Crippen MR) is 71.9 cm³/mol. The molecule has 2 N–H and O–H groups in total. The van der Waals surface area contributed by atoms with E-state index in [-0.39, 0.29) is 11.9 Å². The number of carbonyl (C=O) groups is 2. The third-order valence-corrected chi connectivity index (χ3v) is 3.74. The molecule has 2 heterocycles. The molecule has 0 radical (unpaired) electrons. The van der Waals surface area contributed by atoms with Crippen molar-refractivity contribution >= 4 is 23.3 Å². The Labute approximate surface area is 115 Å². The quantitative estimate of drug-likeness (QED) is 0.794. The van der Waals surface area contributed by atoms with E-state index in [2.05, 4.69) is 10.6 Å². The van der Waals surface area contributed by atoms with Crippen molar-refractivity contribution in [3.05, 3.63) is 22.4 Å². The van der Waals surface area contributed by atoms with E-state index in [1.165, 1.54) is 0 Å². The summed E-state index contributed by atoms with van der Waals surface area (Å²) >= 11 is 1.61. The van der Waals surface area contributed by atoms with Gasteiger partial charge in [-0.1, -0.05) is 6.07 Å². The van der Waals surface area contributed by atoms with Gasteiger partial charge in [-0.25, -0.2) is 4.79 Å². The summed E-state index contributed by atoms with van der Waals surface area (Å²) in [5.74, 6) is -0.0798. The monoisotopic (exact) mass is 283 g/mol. The molecule has 1 aromatic rings. The molecule has 2 rings (SSSR count). The minimum Gasteiger partial charge on any atom is -0.383 e. The molecule has 19 heavy (non-hydrogen) atoms. The molecule has 104 valence electrons. The van der Waals surface area contributed by atoms with Gasteiger partial charge in [0, 0.05) is 25.1 Å². The van der Waals surface area contributed by atoms with Crippen LogP contribution in [0.2, 0.25) is 0 Å². The van der Waals surface area contributed by atoms with Gasteiger partial charge in [0.2, 0.25) is 5.91 Å². The molecule has 6 nitrogen and oxygen atoms in total. The second kappa shape index (κ2) is 6.53. The summed E-state index contributed by atoms with van der Waals surface area (Å²) in [6.45, 7) is 1.88. The zero-order valence-corrected chi connectivity index (χ0v) is 11.5. The normalized spacial score (nSPS) is 17.9. The van der Waals surface area contributed by atoms with Gasteiger partial charge in [-0.2, -0.15) is 0 Å². The maximum atomic E-state index is 12.3. The molecule has 0 spiro atoms. The van der Waals surface area contributed by atoms with Gasteiger partial charge >= 0.3 is 6.03 Å². The molecule has 1 aliphatic heterocycles. The van der Waals surface area contributed by atoms with Crippen molar-refractivity contribution < 1.29 is 14.3 Å². The Hall–Kier alpha value is -1.60. The van der Waals surface area contributed by atoms with Crippen molar-refractivity contribution in [1.82, 2.24) is 15.5 Å². The molecule has 1 fully saturated rings. The molecule has 0 bridgehead atoms. The van der Waals surface area contributed by atoms with Gasteiger partial charge in [0.15, 0.2) is 0 Å². The number of hydrogen-bond donors (Lipinski definition) is 2. The van der Waals surface area contributed by atoms with E-state index >= 15 is 0 Å². The van der Waals surface area contributed by atoms with Gasteiger partial charge in [0.1, 0.15) is 6.04 Å². The van der Waals surface area contributed by atoms with Gasteiger partial charge in [-0.05, 0) is 11.4 Å². The lowest BCUT2D eigenvalue weighted by atomic mass is 10.2. The number of nitrogens with zero attached hydrogens (tertiary/aromatic N) is 1. The highest BCUT2D eigenvalue weighted by atomic mass is 32.1. The summed E-state index contributed by atoms with van der Waals surface area (Å²) in [5, 5.41) is 7.18. The number of thiophene rings is 1. The van der Waals surface area contributed by atoms with E-state index in [9.17, 15) is 9.59 Å². The second-order valence-electron chi connectivity index (χ2n) is 4.24. The van der Waals surface area contributed by atoms with Gasteiger partial charge in [0.25, 0.3) is 0 Å². The Morgan fingerprint density at radius 1 is 1.63 bits per heavy atom. The van der Waals surface area contributed by atoms with Crippen LogP contribution in [0.25, 0.3) is 0 Å². The average molecular weight is 283 g/mol. The fourth-order valence-electron chi connectivity index (χ4n) is 1.88. The van der Waals surface area contributed by atoms with Crippen LogP contribution in [0.1, 0.15) is 4.88 Å². The van der Waals surface area contributed by atoms with Crippen LogP contribution < -0.4 is 10.6 Å². The van der Waals surface area contributed by atoms with Crippen molar-refractivity contribution in [2.75, 3.05) is 26.8 Å². The van der Waals surface area contributed by atoms with Crippen molar-refractivity contribution in [2.24, 2.45) is 0 Å². The molecule has 0 saturated carbocycles. The zero-order valence-electron chi connectivity index (χ0n) is 10.7. The Kier molecular flexibility index (Phi) is 4.75. The molecular weight excluding hydrogens is 266 g/mol. The Bertz CT molecular complexity index is 435. The summed E-state index contributed by atoms with van der Waals surface area (Å²) in [7, 11) is 1.60. The maximum Gasteiger partial charge on any atom is 0.315 e. The number of ether oxygens (including phenoxy) is 1. The van der Waals surface area contributed by atoms with Gasteiger partial charge in [-0.15, -0.1) is 11.3 Å². The highest BCUT2D eigenvalue weighted by Gasteiger charge is 2.30. The first kappa shape index (κ1) is 13.8. The molecule has 0 unspecified atom stereocenters. The van der Waals surface area contributed by atoms with Crippen molar-refractivity contribution in [3.8, 4) is 0 Å². The molecule has 7 heteroatoms. The third kappa shape index (κ3) is 3.68. The number of nitrogens with one attached hydrogen (secondary N) is 2. The molecule has 0 aromatic carbocycles. The van der Waals surface area contributed by atoms with Crippen LogP contribution in [-0.4, -0.2) is 49.7 Å². The fraction of sp³-hybridized carbons (Fsp3) is 0.500. The van der Waals surface area contributed by atoms with E-state index in [0.29, 0.717) is 26.2 Å². The van der Waals surface area contributed by atoms with Crippen LogP contribution in [0.5, 0.6) is 0 Å². The second-order valence-corrected chi connectivity index (χ2v) is 5.27. The number of hydrogen-bond acceptors (Lipinski definition) is 4. The summed E-state index contributed by atoms with van der Waals surface area (Å²) in [6, 6.07) is 3.17. The molecule has 3 amide bonds. The molecular formula is C12H17N3O3S. The highest BCUT2D eigenvalue weighted by Crippen LogP contribution is 2.13. The van der Waals surface area contributed by atoms with Crippen LogP contribution in [0.4, 0.5) is 4.79 Å². The summed E-state index contributed by atoms with van der Waals surface area (Å²) in [4.78, 5) is 26.3. The summed E-state index contributed by atoms with van der Waals surface area (Å²) < 4.78 is 5.03. The third-order valence-electron chi connectivity index (χ3n) is 2.87. The van der Waals surface area contributed by atoms with Crippen LogP contribution in [0.15, 0.2) is 17.5 Å². The topological polar surface area (TPSA) is 70.7 Å². The van der Waals surface area contributed by atoms with Crippen molar-refractivity contribution in [1.29, 1.82) is 0 Å². The first-order chi connectivity index (χ1) is 9.20. The first-order valence-corrected chi connectivity index (χ1v) is 6.93. The van der Waals surface area contributed by atoms with Crippen LogP contribution in [0, 0.1) is 0 Å². The predicted octanol–water partition coefficient (Wildman–Crippen LogP) is 0.405. The lowest BCUT2D eigenvalue weighted by molar-refractivity contribution is -0.133. The van der Waals surface area contributed by atoms with E-state index in [4.69, 9.17) is 4.74 Å². The van der Waals surface area contributed by atoms with E-state index in [0.717, 1.165) is 4.88 Å². The average Bonchev–Trinajstić information content (AvgIpc) is 3.05. The minimum absolute atomic E-state index is 0.0798. The van der Waals surface area contributed by atoms with Crippen LogP contribution in [-0.2, 0) is 16.1 Å². The minimum atomic E-state index is -0.482. The number of rotatable bonds is 6. The number of methoxy groups -OCH3 is 1. The summed E-state index contributed by atoms with van der Waals surface area (Å²) in [6.07, 6.45) is 0. The highest BCUT2D eigenvalue weighted by molar-refractivity contribution is 7.09. The summed E-state index contributed by atoms with van der Waals surface area (Å²) in [5.41, 5.74) is 0. The maximum absolute atomic E-state index is 12.3. The SMILES string of the molecule is COCCN(Cc1cccs1)C(=O)[C@@H]1CNC(=O)N1. The molecule has 1 atom stereocenters. The van der Waals surface area contributed by atoms with E-state index in [1.54, 1.807) is 23.3 Å². The number of carbonyl (C=O) groups excluding carboxylic acids is 2. The lowest BCUT2D eigenvalue weighted by Crippen LogP contribution is -2.46. The van der Waals surface area contributed by atoms with Crippen molar-refractivity contribution in [3.63, 3.8) is 0 Å². The van der Waals surface area contributed by atoms with Crippen molar-refractivity contribution in [2.45, 2.75) is 12.6 Å². The largest absolute Gasteiger partial charge is 0.383 e. The smallest absolute Gasteiger partial charge is 0.315 e. The standard InChI is InChI=1S/C12H17N3O3S/c1-18-5-4-15(8-9-3-2-6-19-9)11(16)10-7-13-12(17)14-10/h2-3,6,10H,4-5,7-8H2,1H3,(H2,13,14,17)/t10-/m0/s1.